The van der Waals surface area contributed by atoms with Crippen LogP contribution in [0.25, 0.3) is 11.8 Å². The molecule has 5 heteroatoms. The fraction of sp³-hybridized carbons (Fsp3) is 0.160. The van der Waals surface area contributed by atoms with Crippen LogP contribution in [0.4, 0.5) is 5.69 Å². The van der Waals surface area contributed by atoms with Gasteiger partial charge in [0.2, 0.25) is 0 Å². The molecule has 0 saturated carbocycles. The second kappa shape index (κ2) is 8.62. The average Bonchev–Trinajstić information content (AvgIpc) is 3.27. The van der Waals surface area contributed by atoms with Gasteiger partial charge in [0.25, 0.3) is 0 Å². The van der Waals surface area contributed by atoms with Crippen LogP contribution in [-0.4, -0.2) is 15.7 Å². The molecule has 0 spiro atoms. The highest BCUT2D eigenvalue weighted by Gasteiger charge is 2.20. The van der Waals surface area contributed by atoms with Crippen LogP contribution in [0.5, 0.6) is 0 Å². The van der Waals surface area contributed by atoms with E-state index in [9.17, 15) is 5.26 Å². The molecule has 0 aliphatic heterocycles. The summed E-state index contributed by atoms with van der Waals surface area (Å²) in [5.74, 6) is 0.709. The molecule has 0 fully saturated rings. The zero-order chi connectivity index (χ0) is 21.7. The Morgan fingerprint density at radius 1 is 1.27 bits per heavy atom. The molecule has 150 valence electrons. The second-order valence-corrected chi connectivity index (χ2v) is 7.67. The van der Waals surface area contributed by atoms with Gasteiger partial charge >= 0.3 is 0 Å². The molecular weight excluding hydrogens is 370 g/mol. The maximum atomic E-state index is 9.41. The van der Waals surface area contributed by atoms with Gasteiger partial charge in [0, 0.05) is 29.3 Å². The Morgan fingerprint density at radius 2 is 2.07 bits per heavy atom. The first kappa shape index (κ1) is 20.8. The van der Waals surface area contributed by atoms with E-state index in [2.05, 4.69) is 27.9 Å². The Kier molecular flexibility index (Phi) is 5.98. The van der Waals surface area contributed by atoms with Crippen LogP contribution in [0.1, 0.15) is 41.9 Å². The molecule has 0 unspecified atom stereocenters. The second-order valence-electron chi connectivity index (χ2n) is 7.67. The minimum absolute atomic E-state index is 0.399. The molecular formula is C25H25N5. The molecule has 0 amide bonds. The van der Waals surface area contributed by atoms with Crippen LogP contribution in [0.3, 0.4) is 0 Å². The lowest BCUT2D eigenvalue weighted by molar-refractivity contribution is 0.686. The molecule has 0 bridgehead atoms. The van der Waals surface area contributed by atoms with Gasteiger partial charge in [0.15, 0.2) is 0 Å². The summed E-state index contributed by atoms with van der Waals surface area (Å²) in [5.41, 5.74) is 5.12. The number of rotatable bonds is 7. The number of imidazole rings is 1. The Morgan fingerprint density at radius 3 is 2.77 bits per heavy atom. The number of nitrogens with zero attached hydrogens (tertiary/aromatic N) is 2. The van der Waals surface area contributed by atoms with Gasteiger partial charge in [-0.2, -0.15) is 5.26 Å². The third kappa shape index (κ3) is 4.73. The highest BCUT2D eigenvalue weighted by Crippen LogP contribution is 2.26. The number of H-pyrrole nitrogens is 1. The van der Waals surface area contributed by atoms with E-state index in [0.717, 1.165) is 33.6 Å². The van der Waals surface area contributed by atoms with E-state index in [1.54, 1.807) is 24.5 Å². The number of aryl methyl sites for hydroxylation is 1. The van der Waals surface area contributed by atoms with Gasteiger partial charge in [0.05, 0.1) is 17.2 Å². The van der Waals surface area contributed by atoms with Gasteiger partial charge in [-0.3, -0.25) is 0 Å². The Hall–Kier alpha value is -3.91. The van der Waals surface area contributed by atoms with E-state index in [0.29, 0.717) is 11.5 Å². The summed E-state index contributed by atoms with van der Waals surface area (Å²) >= 11 is 0. The van der Waals surface area contributed by atoms with Crippen molar-refractivity contribution in [1.29, 1.82) is 10.7 Å². The molecule has 3 aromatic rings. The summed E-state index contributed by atoms with van der Waals surface area (Å²) in [6.07, 6.45) is 6.94. The minimum atomic E-state index is -0.567. The first-order valence-corrected chi connectivity index (χ1v) is 9.65. The lowest BCUT2D eigenvalue weighted by atomic mass is 9.85. The third-order valence-corrected chi connectivity index (χ3v) is 4.96. The zero-order valence-electron chi connectivity index (χ0n) is 17.5. The highest BCUT2D eigenvalue weighted by atomic mass is 14.9. The Labute approximate surface area is 177 Å². The predicted octanol–water partition coefficient (Wildman–Crippen LogP) is 5.68. The average molecular weight is 396 g/mol. The molecule has 3 N–H and O–H groups in total. The predicted molar refractivity (Wildman–Crippen MR) is 123 cm³/mol. The van der Waals surface area contributed by atoms with Crippen molar-refractivity contribution in [3.8, 4) is 6.07 Å². The number of allylic oxidation sites excluding steroid dienone is 1. The maximum Gasteiger partial charge on any atom is 0.129 e. The zero-order valence-corrected chi connectivity index (χ0v) is 17.5. The van der Waals surface area contributed by atoms with Gasteiger partial charge in [-0.15, -0.1) is 0 Å². The van der Waals surface area contributed by atoms with Crippen LogP contribution in [-0.2, 0) is 5.41 Å². The number of anilines is 1. The van der Waals surface area contributed by atoms with Crippen molar-refractivity contribution in [2.75, 3.05) is 5.32 Å². The number of hydrogen-bond acceptors (Lipinski definition) is 4. The molecule has 0 aliphatic rings. The van der Waals surface area contributed by atoms with Crippen molar-refractivity contribution >= 4 is 23.2 Å². The molecule has 3 rings (SSSR count). The van der Waals surface area contributed by atoms with Crippen molar-refractivity contribution in [3.05, 3.63) is 95.6 Å². The van der Waals surface area contributed by atoms with Crippen LogP contribution in [0, 0.1) is 23.7 Å². The number of aromatic nitrogens is 2. The maximum absolute atomic E-state index is 9.41. The summed E-state index contributed by atoms with van der Waals surface area (Å²) in [6, 6.07) is 16.1. The molecule has 1 heterocycles. The van der Waals surface area contributed by atoms with Crippen molar-refractivity contribution in [1.82, 2.24) is 9.97 Å². The normalized spacial score (nSPS) is 11.3. The van der Waals surface area contributed by atoms with E-state index in [1.807, 2.05) is 63.2 Å². The molecule has 30 heavy (non-hydrogen) atoms. The summed E-state index contributed by atoms with van der Waals surface area (Å²) in [5, 5.41) is 21.2. The first-order chi connectivity index (χ1) is 14.3. The van der Waals surface area contributed by atoms with Gasteiger partial charge in [-0.25, -0.2) is 4.98 Å². The molecule has 1 aromatic heterocycles. The highest BCUT2D eigenvalue weighted by molar-refractivity contribution is 6.10. The van der Waals surface area contributed by atoms with Crippen LogP contribution < -0.4 is 5.32 Å². The quantitative estimate of drug-likeness (QED) is 0.449. The SMILES string of the molecule is C=C(Nc1ccc(C)c(C(=N)/C=C\c2ncc[nH]2)c1)c1cccc(C(C)(C)C#N)c1. The number of nitriles is 1. The molecule has 0 radical (unpaired) electrons. The van der Waals surface area contributed by atoms with Gasteiger partial charge in [-0.05, 0) is 67.8 Å². The Balaban J connectivity index is 1.80. The van der Waals surface area contributed by atoms with E-state index >= 15 is 0 Å². The lowest BCUT2D eigenvalue weighted by Crippen LogP contribution is -2.14. The smallest absolute Gasteiger partial charge is 0.129 e. The van der Waals surface area contributed by atoms with Crippen LogP contribution in [0.2, 0.25) is 0 Å². The van der Waals surface area contributed by atoms with E-state index in [-0.39, 0.29) is 0 Å². The van der Waals surface area contributed by atoms with E-state index < -0.39 is 5.41 Å². The monoisotopic (exact) mass is 395 g/mol. The standard InChI is InChI=1S/C25H25N5/c1-17-8-9-21(15-22(17)23(27)10-11-24-28-12-13-29-24)30-18(2)19-6-5-7-20(14-19)25(3,4)16-26/h5-15,27,30H,2H2,1,3-4H3,(H,28,29)/b11-10-,27-23?. The summed E-state index contributed by atoms with van der Waals surface area (Å²) in [6.45, 7) is 9.94. The molecule has 0 saturated heterocycles. The third-order valence-electron chi connectivity index (χ3n) is 4.96. The molecule has 2 aromatic carbocycles. The van der Waals surface area contributed by atoms with Crippen LogP contribution in [0.15, 0.2) is 67.5 Å². The first-order valence-electron chi connectivity index (χ1n) is 9.65. The summed E-state index contributed by atoms with van der Waals surface area (Å²) in [7, 11) is 0. The van der Waals surface area contributed by atoms with Gasteiger partial charge < -0.3 is 15.7 Å². The Bertz CT molecular complexity index is 1140. The lowest BCUT2D eigenvalue weighted by Gasteiger charge is -2.18. The van der Waals surface area contributed by atoms with E-state index in [4.69, 9.17) is 5.41 Å². The van der Waals surface area contributed by atoms with Crippen molar-refractivity contribution in [3.63, 3.8) is 0 Å². The van der Waals surface area contributed by atoms with Crippen molar-refractivity contribution in [2.45, 2.75) is 26.2 Å². The van der Waals surface area contributed by atoms with E-state index in [1.165, 1.54) is 0 Å². The van der Waals surface area contributed by atoms with Gasteiger partial charge in [-0.1, -0.05) is 30.8 Å². The van der Waals surface area contributed by atoms with Crippen molar-refractivity contribution in [2.24, 2.45) is 0 Å². The van der Waals surface area contributed by atoms with Gasteiger partial charge in [0.1, 0.15) is 5.82 Å². The fourth-order valence-corrected chi connectivity index (χ4v) is 3.02. The number of hydrogen-bond donors (Lipinski definition) is 3. The van der Waals surface area contributed by atoms with Crippen molar-refractivity contribution < 1.29 is 0 Å². The number of benzene rings is 2. The largest absolute Gasteiger partial charge is 0.356 e. The molecule has 0 atom stereocenters. The summed E-state index contributed by atoms with van der Waals surface area (Å²) < 4.78 is 0. The molecule has 0 aliphatic carbocycles. The minimum Gasteiger partial charge on any atom is -0.356 e. The topological polar surface area (TPSA) is 88.3 Å². The number of aromatic amines is 1. The fourth-order valence-electron chi connectivity index (χ4n) is 3.02. The summed E-state index contributed by atoms with van der Waals surface area (Å²) in [4.78, 5) is 7.14. The number of nitrogens with one attached hydrogen (secondary N) is 3. The molecule has 5 nitrogen and oxygen atoms in total. The van der Waals surface area contributed by atoms with Crippen LogP contribution >= 0.6 is 0 Å².